The highest BCUT2D eigenvalue weighted by Crippen LogP contribution is 2.35. The lowest BCUT2D eigenvalue weighted by Gasteiger charge is -2.24. The molecule has 4 heteroatoms. The lowest BCUT2D eigenvalue weighted by molar-refractivity contribution is 0.480. The van der Waals surface area contributed by atoms with Crippen LogP contribution in [0.5, 0.6) is 0 Å². The van der Waals surface area contributed by atoms with Gasteiger partial charge in [-0.25, -0.2) is 0 Å². The predicted octanol–water partition coefficient (Wildman–Crippen LogP) is 15.4. The van der Waals surface area contributed by atoms with Gasteiger partial charge in [0.1, 0.15) is 0 Å². The highest BCUT2D eigenvalue weighted by molar-refractivity contribution is 7.85. The van der Waals surface area contributed by atoms with Crippen molar-refractivity contribution < 1.29 is 13.0 Å². The fourth-order valence-corrected chi connectivity index (χ4v) is 8.62. The van der Waals surface area contributed by atoms with E-state index in [1.807, 2.05) is 6.07 Å². The Morgan fingerprint density at radius 3 is 0.980 bits per heavy atom. The normalized spacial score (nSPS) is 12.1. The van der Waals surface area contributed by atoms with E-state index >= 15 is 0 Å². The second kappa shape index (κ2) is 30.7. The summed E-state index contributed by atoms with van der Waals surface area (Å²) in [7, 11) is -4.29. The standard InChI is InChI=1S/C45H84O3S/c1-6-9-12-15-18-21-24-27-30-33-36-41-42(37-34-31-28-25-22-19-16-13-10-7-2)44(40(4)5)39-45(49(46,47)48)43(41)38-35-32-29-26-23-20-17-14-11-8-3/h39-40H,6-38H2,1-5H3,(H,46,47,48). The minimum Gasteiger partial charge on any atom is -0.282 e. The molecule has 0 fully saturated rings. The van der Waals surface area contributed by atoms with Gasteiger partial charge in [-0.1, -0.05) is 208 Å². The average Bonchev–Trinajstić information content (AvgIpc) is 3.07. The van der Waals surface area contributed by atoms with Crippen LogP contribution in [-0.4, -0.2) is 13.0 Å². The molecule has 0 aliphatic rings. The van der Waals surface area contributed by atoms with Gasteiger partial charge in [0.2, 0.25) is 0 Å². The van der Waals surface area contributed by atoms with E-state index in [4.69, 9.17) is 0 Å². The summed E-state index contributed by atoms with van der Waals surface area (Å²) in [4.78, 5) is 0.209. The van der Waals surface area contributed by atoms with Gasteiger partial charge in [-0.3, -0.25) is 4.55 Å². The molecule has 0 heterocycles. The maximum Gasteiger partial charge on any atom is 0.294 e. The summed E-state index contributed by atoms with van der Waals surface area (Å²) < 4.78 is 36.4. The Morgan fingerprint density at radius 2 is 0.694 bits per heavy atom. The molecule has 0 unspecified atom stereocenters. The van der Waals surface area contributed by atoms with E-state index < -0.39 is 10.1 Å². The molecule has 3 nitrogen and oxygen atoms in total. The van der Waals surface area contributed by atoms with Crippen LogP contribution in [0.1, 0.15) is 255 Å². The molecule has 1 aromatic rings. The summed E-state index contributed by atoms with van der Waals surface area (Å²) in [5.41, 5.74) is 4.80. The van der Waals surface area contributed by atoms with E-state index in [2.05, 4.69) is 34.6 Å². The number of benzene rings is 1. The number of hydrogen-bond donors (Lipinski definition) is 1. The highest BCUT2D eigenvalue weighted by atomic mass is 32.2. The van der Waals surface area contributed by atoms with Crippen LogP contribution in [0.4, 0.5) is 0 Å². The van der Waals surface area contributed by atoms with Crippen molar-refractivity contribution in [2.75, 3.05) is 0 Å². The van der Waals surface area contributed by atoms with Crippen molar-refractivity contribution in [2.24, 2.45) is 0 Å². The average molecular weight is 705 g/mol. The lowest BCUT2D eigenvalue weighted by Crippen LogP contribution is -2.13. The summed E-state index contributed by atoms with van der Waals surface area (Å²) >= 11 is 0. The van der Waals surface area contributed by atoms with Gasteiger partial charge in [0, 0.05) is 0 Å². The topological polar surface area (TPSA) is 54.4 Å². The molecule has 49 heavy (non-hydrogen) atoms. The van der Waals surface area contributed by atoms with Gasteiger partial charge in [0.05, 0.1) is 4.90 Å². The molecule has 288 valence electrons. The van der Waals surface area contributed by atoms with Crippen molar-refractivity contribution in [2.45, 2.75) is 257 Å². The zero-order chi connectivity index (χ0) is 36.0. The molecule has 0 radical (unpaired) electrons. The maximum atomic E-state index is 12.9. The molecule has 0 aliphatic carbocycles. The molecule has 0 aromatic heterocycles. The third-order valence-electron chi connectivity index (χ3n) is 10.9. The van der Waals surface area contributed by atoms with E-state index in [1.165, 1.54) is 184 Å². The fraction of sp³-hybridized carbons (Fsp3) is 0.867. The molecule has 1 rings (SSSR count). The summed E-state index contributed by atoms with van der Waals surface area (Å²) in [5.74, 6) is 0.233. The first kappa shape index (κ1) is 46.2. The molecule has 0 bridgehead atoms. The largest absolute Gasteiger partial charge is 0.294 e. The number of hydrogen-bond acceptors (Lipinski definition) is 2. The third-order valence-corrected chi connectivity index (χ3v) is 11.8. The van der Waals surface area contributed by atoms with Gasteiger partial charge in [-0.2, -0.15) is 8.42 Å². The lowest BCUT2D eigenvalue weighted by atomic mass is 9.83. The molecule has 0 spiro atoms. The highest BCUT2D eigenvalue weighted by Gasteiger charge is 2.25. The van der Waals surface area contributed by atoms with E-state index in [9.17, 15) is 13.0 Å². The SMILES string of the molecule is CCCCCCCCCCCCc1c(C(C)C)cc(S(=O)(=O)O)c(CCCCCCCCCCCC)c1CCCCCCCCCCCC. The quantitative estimate of drug-likeness (QED) is 0.0565. The van der Waals surface area contributed by atoms with Crippen molar-refractivity contribution in [3.05, 3.63) is 28.3 Å². The van der Waals surface area contributed by atoms with Gasteiger partial charge in [-0.15, -0.1) is 0 Å². The van der Waals surface area contributed by atoms with Crippen LogP contribution in [0.15, 0.2) is 11.0 Å². The summed E-state index contributed by atoms with van der Waals surface area (Å²) in [5, 5.41) is 0. The summed E-state index contributed by atoms with van der Waals surface area (Å²) in [6, 6.07) is 1.87. The third kappa shape index (κ3) is 22.6. The molecule has 1 N–H and O–H groups in total. The second-order valence-corrected chi connectivity index (χ2v) is 17.2. The summed E-state index contributed by atoms with van der Waals surface area (Å²) in [6.45, 7) is 11.2. The Kier molecular flexibility index (Phi) is 28.9. The van der Waals surface area contributed by atoms with Crippen LogP contribution in [0.25, 0.3) is 0 Å². The minimum atomic E-state index is -4.29. The molecule has 0 saturated heterocycles. The monoisotopic (exact) mass is 705 g/mol. The van der Waals surface area contributed by atoms with E-state index in [1.54, 1.807) is 0 Å². The summed E-state index contributed by atoms with van der Waals surface area (Å²) in [6.07, 6.45) is 41.7. The molecular weight excluding hydrogens is 621 g/mol. The molecule has 0 aliphatic heterocycles. The molecular formula is C45H84O3S. The van der Waals surface area contributed by atoms with Gasteiger partial charge in [-0.05, 0) is 72.8 Å². The predicted molar refractivity (Wildman–Crippen MR) is 217 cm³/mol. The van der Waals surface area contributed by atoms with E-state index in [-0.39, 0.29) is 10.8 Å². The first-order chi connectivity index (χ1) is 23.8. The van der Waals surface area contributed by atoms with Crippen LogP contribution < -0.4 is 0 Å². The number of rotatable bonds is 35. The van der Waals surface area contributed by atoms with Gasteiger partial charge < -0.3 is 0 Å². The van der Waals surface area contributed by atoms with Gasteiger partial charge in [0.15, 0.2) is 0 Å². The van der Waals surface area contributed by atoms with Crippen LogP contribution in [0, 0.1) is 0 Å². The Balaban J connectivity index is 2.99. The van der Waals surface area contributed by atoms with Crippen LogP contribution in [0.2, 0.25) is 0 Å². The fourth-order valence-electron chi connectivity index (χ4n) is 7.80. The Morgan fingerprint density at radius 1 is 0.429 bits per heavy atom. The van der Waals surface area contributed by atoms with Crippen molar-refractivity contribution >= 4 is 10.1 Å². The molecule has 0 saturated carbocycles. The van der Waals surface area contributed by atoms with Crippen LogP contribution in [-0.2, 0) is 29.4 Å². The Hall–Kier alpha value is -0.870. The molecule has 0 atom stereocenters. The first-order valence-corrected chi connectivity index (χ1v) is 23.4. The Labute approximate surface area is 307 Å². The van der Waals surface area contributed by atoms with E-state index in [0.717, 1.165) is 49.7 Å². The van der Waals surface area contributed by atoms with Crippen molar-refractivity contribution in [3.8, 4) is 0 Å². The minimum absolute atomic E-state index is 0.209. The molecule has 0 amide bonds. The number of unbranched alkanes of at least 4 members (excludes halogenated alkanes) is 27. The molecule has 1 aromatic carbocycles. The van der Waals surface area contributed by atoms with Crippen molar-refractivity contribution in [1.82, 2.24) is 0 Å². The van der Waals surface area contributed by atoms with Crippen molar-refractivity contribution in [3.63, 3.8) is 0 Å². The van der Waals surface area contributed by atoms with Crippen LogP contribution >= 0.6 is 0 Å². The van der Waals surface area contributed by atoms with Crippen molar-refractivity contribution in [1.29, 1.82) is 0 Å². The van der Waals surface area contributed by atoms with Crippen LogP contribution in [0.3, 0.4) is 0 Å². The van der Waals surface area contributed by atoms with Gasteiger partial charge >= 0.3 is 0 Å². The second-order valence-electron chi connectivity index (χ2n) is 15.8. The van der Waals surface area contributed by atoms with Gasteiger partial charge in [0.25, 0.3) is 10.1 Å². The van der Waals surface area contributed by atoms with E-state index in [0.29, 0.717) is 0 Å². The Bertz CT molecular complexity index is 1010. The maximum absolute atomic E-state index is 12.9. The first-order valence-electron chi connectivity index (χ1n) is 21.9. The zero-order valence-electron chi connectivity index (χ0n) is 33.7. The smallest absolute Gasteiger partial charge is 0.282 e. The zero-order valence-corrected chi connectivity index (χ0v) is 34.5.